The summed E-state index contributed by atoms with van der Waals surface area (Å²) in [5.41, 5.74) is 5.68. The van der Waals surface area contributed by atoms with E-state index in [-0.39, 0.29) is 11.3 Å². The lowest BCUT2D eigenvalue weighted by molar-refractivity contribution is 0.0954. The number of likely N-dealkylation sites (tertiary alicyclic amines) is 1. The molecule has 1 aromatic rings. The van der Waals surface area contributed by atoms with Crippen molar-refractivity contribution in [2.75, 3.05) is 13.1 Å². The van der Waals surface area contributed by atoms with Crippen LogP contribution in [-0.4, -0.2) is 34.6 Å². The number of hydrogen-bond acceptors (Lipinski definition) is 4. The molecule has 3 rings (SSSR count). The Kier molecular flexibility index (Phi) is 4.97. The number of piperidine rings is 1. The smallest absolute Gasteiger partial charge is 0.272 e. The van der Waals surface area contributed by atoms with Crippen molar-refractivity contribution in [1.82, 2.24) is 15.3 Å². The van der Waals surface area contributed by atoms with Gasteiger partial charge in [-0.1, -0.05) is 13.8 Å². The highest BCUT2D eigenvalue weighted by molar-refractivity contribution is 5.99. The molecule has 1 amide bonds. The Morgan fingerprint density at radius 1 is 1.25 bits per heavy atom. The van der Waals surface area contributed by atoms with Crippen LogP contribution >= 0.6 is 0 Å². The molecule has 1 aromatic heterocycles. The zero-order chi connectivity index (χ0) is 17.0. The molecule has 5 nitrogen and oxygen atoms in total. The zero-order valence-corrected chi connectivity index (χ0v) is 14.6. The van der Waals surface area contributed by atoms with Crippen LogP contribution < -0.4 is 5.43 Å². The number of hydrazone groups is 1. The minimum absolute atomic E-state index is 0.166. The van der Waals surface area contributed by atoms with Gasteiger partial charge in [-0.05, 0) is 55.7 Å². The number of amides is 1. The molecule has 0 radical (unpaired) electrons. The first-order valence-corrected chi connectivity index (χ1v) is 8.76. The van der Waals surface area contributed by atoms with E-state index in [4.69, 9.17) is 0 Å². The average molecular weight is 326 g/mol. The third-order valence-electron chi connectivity index (χ3n) is 4.64. The van der Waals surface area contributed by atoms with Crippen molar-refractivity contribution < 1.29 is 4.79 Å². The van der Waals surface area contributed by atoms with Crippen molar-refractivity contribution in [3.05, 3.63) is 41.9 Å². The summed E-state index contributed by atoms with van der Waals surface area (Å²) in [4.78, 5) is 18.6. The van der Waals surface area contributed by atoms with Crippen LogP contribution in [0.5, 0.6) is 0 Å². The van der Waals surface area contributed by atoms with Crippen molar-refractivity contribution >= 4 is 11.6 Å². The van der Waals surface area contributed by atoms with E-state index < -0.39 is 0 Å². The Morgan fingerprint density at radius 2 is 2.04 bits per heavy atom. The zero-order valence-electron chi connectivity index (χ0n) is 14.6. The fourth-order valence-electron chi connectivity index (χ4n) is 3.48. The standard InChI is InChI=1S/C19H26N4O/c1-19(2)12-16(11-17(13-19)23-9-4-3-5-10-23)21-22-18(24)15-7-6-8-20-14-15/h6-8,11,14H,3-5,9-10,12-13H2,1-2H3,(H,22,24). The van der Waals surface area contributed by atoms with E-state index in [0.29, 0.717) is 5.56 Å². The molecule has 0 bridgehead atoms. The maximum atomic E-state index is 12.1. The molecule has 2 heterocycles. The molecule has 2 aliphatic rings. The molecule has 128 valence electrons. The highest BCUT2D eigenvalue weighted by Gasteiger charge is 2.29. The molecule has 0 aromatic carbocycles. The molecular formula is C19H26N4O. The quantitative estimate of drug-likeness (QED) is 0.867. The second-order valence-corrected chi connectivity index (χ2v) is 7.49. The van der Waals surface area contributed by atoms with Crippen molar-refractivity contribution in [2.24, 2.45) is 10.5 Å². The van der Waals surface area contributed by atoms with E-state index in [2.05, 4.69) is 40.3 Å². The van der Waals surface area contributed by atoms with Gasteiger partial charge in [-0.15, -0.1) is 0 Å². The summed E-state index contributed by atoms with van der Waals surface area (Å²) in [6.45, 7) is 6.80. The van der Waals surface area contributed by atoms with Gasteiger partial charge in [0.15, 0.2) is 0 Å². The van der Waals surface area contributed by atoms with Gasteiger partial charge >= 0.3 is 0 Å². The minimum Gasteiger partial charge on any atom is -0.375 e. The molecule has 0 atom stereocenters. The second-order valence-electron chi connectivity index (χ2n) is 7.49. The maximum absolute atomic E-state index is 12.1. The van der Waals surface area contributed by atoms with Crippen LogP contribution in [0.25, 0.3) is 0 Å². The van der Waals surface area contributed by atoms with Crippen LogP contribution in [0.2, 0.25) is 0 Å². The van der Waals surface area contributed by atoms with E-state index in [1.54, 1.807) is 24.5 Å². The molecule has 1 aliphatic carbocycles. The summed E-state index contributed by atoms with van der Waals surface area (Å²) >= 11 is 0. The number of nitrogens with zero attached hydrogens (tertiary/aromatic N) is 3. The number of allylic oxidation sites excluding steroid dienone is 2. The summed E-state index contributed by atoms with van der Waals surface area (Å²) in [6.07, 6.45) is 11.2. The number of carbonyl (C=O) groups excluding carboxylic acids is 1. The van der Waals surface area contributed by atoms with Crippen molar-refractivity contribution in [3.8, 4) is 0 Å². The van der Waals surface area contributed by atoms with Gasteiger partial charge in [0.25, 0.3) is 5.91 Å². The monoisotopic (exact) mass is 326 g/mol. The molecule has 1 aliphatic heterocycles. The third-order valence-corrected chi connectivity index (χ3v) is 4.64. The SMILES string of the molecule is CC1(C)CC(N2CCCCC2)=CC(=NNC(=O)c2cccnc2)C1. The lowest BCUT2D eigenvalue weighted by atomic mass is 9.78. The molecule has 0 unspecified atom stereocenters. The van der Waals surface area contributed by atoms with Gasteiger partial charge in [-0.2, -0.15) is 5.10 Å². The topological polar surface area (TPSA) is 57.6 Å². The lowest BCUT2D eigenvalue weighted by Crippen LogP contribution is -2.35. The Balaban J connectivity index is 1.74. The molecule has 0 spiro atoms. The Hall–Kier alpha value is -2.17. The maximum Gasteiger partial charge on any atom is 0.272 e. The second kappa shape index (κ2) is 7.16. The Morgan fingerprint density at radius 3 is 2.75 bits per heavy atom. The first kappa shape index (κ1) is 16.7. The van der Waals surface area contributed by atoms with Crippen LogP contribution in [0, 0.1) is 5.41 Å². The highest BCUT2D eigenvalue weighted by Crippen LogP contribution is 2.36. The van der Waals surface area contributed by atoms with Gasteiger partial charge in [0.1, 0.15) is 0 Å². The molecule has 24 heavy (non-hydrogen) atoms. The Bertz CT molecular complexity index is 643. The van der Waals surface area contributed by atoms with Crippen molar-refractivity contribution in [2.45, 2.75) is 46.0 Å². The predicted octanol–water partition coefficient (Wildman–Crippen LogP) is 3.36. The molecular weight excluding hydrogens is 300 g/mol. The summed E-state index contributed by atoms with van der Waals surface area (Å²) in [6, 6.07) is 3.49. The number of aromatic nitrogens is 1. The van der Waals surface area contributed by atoms with Crippen molar-refractivity contribution in [1.29, 1.82) is 0 Å². The summed E-state index contributed by atoms with van der Waals surface area (Å²) in [5, 5.41) is 4.39. The number of hydrogen-bond donors (Lipinski definition) is 1. The largest absolute Gasteiger partial charge is 0.375 e. The number of nitrogens with one attached hydrogen (secondary N) is 1. The summed E-state index contributed by atoms with van der Waals surface area (Å²) in [7, 11) is 0. The van der Waals surface area contributed by atoms with E-state index in [0.717, 1.165) is 31.6 Å². The number of pyridine rings is 1. The van der Waals surface area contributed by atoms with E-state index in [9.17, 15) is 4.79 Å². The molecule has 1 saturated heterocycles. The van der Waals surface area contributed by atoms with Crippen LogP contribution in [-0.2, 0) is 0 Å². The number of carbonyl (C=O) groups is 1. The van der Waals surface area contributed by atoms with Crippen LogP contribution in [0.1, 0.15) is 56.3 Å². The van der Waals surface area contributed by atoms with Gasteiger partial charge in [0.05, 0.1) is 11.3 Å². The minimum atomic E-state index is -0.216. The van der Waals surface area contributed by atoms with E-state index >= 15 is 0 Å². The first-order valence-electron chi connectivity index (χ1n) is 8.76. The fourth-order valence-corrected chi connectivity index (χ4v) is 3.48. The van der Waals surface area contributed by atoms with Gasteiger partial charge in [-0.3, -0.25) is 9.78 Å². The van der Waals surface area contributed by atoms with Crippen molar-refractivity contribution in [3.63, 3.8) is 0 Å². The van der Waals surface area contributed by atoms with Gasteiger partial charge < -0.3 is 4.90 Å². The van der Waals surface area contributed by atoms with Crippen LogP contribution in [0.4, 0.5) is 0 Å². The molecule has 1 fully saturated rings. The van der Waals surface area contributed by atoms with E-state index in [1.807, 2.05) is 0 Å². The Labute approximate surface area is 143 Å². The summed E-state index contributed by atoms with van der Waals surface area (Å²) < 4.78 is 0. The number of rotatable bonds is 3. The van der Waals surface area contributed by atoms with Crippen LogP contribution in [0.3, 0.4) is 0 Å². The highest BCUT2D eigenvalue weighted by atomic mass is 16.2. The molecule has 1 N–H and O–H groups in total. The summed E-state index contributed by atoms with van der Waals surface area (Å²) in [5.74, 6) is -0.216. The fraction of sp³-hybridized carbons (Fsp3) is 0.526. The van der Waals surface area contributed by atoms with E-state index in [1.165, 1.54) is 25.0 Å². The van der Waals surface area contributed by atoms with Gasteiger partial charge in [0.2, 0.25) is 0 Å². The average Bonchev–Trinajstić information content (AvgIpc) is 2.60. The van der Waals surface area contributed by atoms with Gasteiger partial charge in [0, 0.05) is 31.2 Å². The lowest BCUT2D eigenvalue weighted by Gasteiger charge is -2.38. The predicted molar refractivity (Wildman–Crippen MR) is 95.7 cm³/mol. The van der Waals surface area contributed by atoms with Crippen LogP contribution in [0.15, 0.2) is 41.4 Å². The third kappa shape index (κ3) is 4.22. The first-order chi connectivity index (χ1) is 11.5. The van der Waals surface area contributed by atoms with Gasteiger partial charge in [-0.25, -0.2) is 5.43 Å². The molecule has 0 saturated carbocycles. The normalized spacial score (nSPS) is 22.2. The molecule has 5 heteroatoms.